The highest BCUT2D eigenvalue weighted by molar-refractivity contribution is 6.02. The number of benzene rings is 2. The molecule has 0 bridgehead atoms. The Morgan fingerprint density at radius 2 is 1.72 bits per heavy atom. The molecule has 1 aliphatic carbocycles. The van der Waals surface area contributed by atoms with E-state index in [4.69, 9.17) is 0 Å². The van der Waals surface area contributed by atoms with Crippen molar-refractivity contribution in [3.63, 3.8) is 0 Å². The van der Waals surface area contributed by atoms with Crippen LogP contribution in [0.15, 0.2) is 48.5 Å². The second-order valence-electron chi connectivity index (χ2n) is 6.83. The molecule has 1 atom stereocenters. The van der Waals surface area contributed by atoms with Crippen molar-refractivity contribution in [3.05, 3.63) is 64.2 Å². The zero-order chi connectivity index (χ0) is 21.0. The maximum Gasteiger partial charge on any atom is 0.269 e. The van der Waals surface area contributed by atoms with E-state index in [0.717, 1.165) is 12.8 Å². The van der Waals surface area contributed by atoms with Crippen LogP contribution >= 0.6 is 0 Å². The molecule has 0 saturated heterocycles. The molecule has 0 radical (unpaired) electrons. The molecule has 150 valence electrons. The van der Waals surface area contributed by atoms with E-state index >= 15 is 0 Å². The Morgan fingerprint density at radius 3 is 2.34 bits per heavy atom. The molecule has 0 heterocycles. The number of carbonyl (C=O) groups is 3. The first-order valence-corrected chi connectivity index (χ1v) is 9.10. The number of hydrogen-bond donors (Lipinski definition) is 3. The highest BCUT2D eigenvalue weighted by Crippen LogP contribution is 2.30. The van der Waals surface area contributed by atoms with Crippen molar-refractivity contribution >= 4 is 34.8 Å². The van der Waals surface area contributed by atoms with Gasteiger partial charge in [-0.2, -0.15) is 0 Å². The lowest BCUT2D eigenvalue weighted by Gasteiger charge is -2.14. The normalized spacial score (nSPS) is 13.8. The second kappa shape index (κ2) is 8.51. The van der Waals surface area contributed by atoms with E-state index < -0.39 is 22.8 Å². The number of carbonyl (C=O) groups excluding carboxylic acids is 3. The van der Waals surface area contributed by atoms with Gasteiger partial charge in [0.25, 0.3) is 11.6 Å². The number of hydrogen-bond acceptors (Lipinski definition) is 5. The Labute approximate surface area is 166 Å². The number of non-ortho nitro benzene ring substituents is 1. The molecule has 3 amide bonds. The zero-order valence-electron chi connectivity index (χ0n) is 15.7. The van der Waals surface area contributed by atoms with Crippen LogP contribution in [-0.2, 0) is 9.59 Å². The summed E-state index contributed by atoms with van der Waals surface area (Å²) in [4.78, 5) is 46.7. The topological polar surface area (TPSA) is 130 Å². The fourth-order valence-corrected chi connectivity index (χ4v) is 2.59. The van der Waals surface area contributed by atoms with E-state index in [1.807, 2.05) is 0 Å². The lowest BCUT2D eigenvalue weighted by atomic mass is 10.1. The minimum Gasteiger partial charge on any atom is -0.341 e. The summed E-state index contributed by atoms with van der Waals surface area (Å²) in [6.07, 6.45) is 1.76. The summed E-state index contributed by atoms with van der Waals surface area (Å²) in [6.45, 7) is 1.53. The van der Waals surface area contributed by atoms with Crippen LogP contribution in [0.1, 0.15) is 30.1 Å². The Morgan fingerprint density at radius 1 is 1.03 bits per heavy atom. The van der Waals surface area contributed by atoms with Crippen LogP contribution in [0.5, 0.6) is 0 Å². The fraction of sp³-hybridized carbons (Fsp3) is 0.250. The van der Waals surface area contributed by atoms with Gasteiger partial charge < -0.3 is 16.0 Å². The van der Waals surface area contributed by atoms with Gasteiger partial charge >= 0.3 is 0 Å². The minimum absolute atomic E-state index is 0.0515. The van der Waals surface area contributed by atoms with E-state index in [9.17, 15) is 24.5 Å². The first kappa shape index (κ1) is 20.0. The van der Waals surface area contributed by atoms with Gasteiger partial charge in [0.1, 0.15) is 6.04 Å². The van der Waals surface area contributed by atoms with E-state index in [1.165, 1.54) is 31.2 Å². The average molecular weight is 396 g/mol. The summed E-state index contributed by atoms with van der Waals surface area (Å²) < 4.78 is 0. The van der Waals surface area contributed by atoms with Crippen molar-refractivity contribution in [3.8, 4) is 0 Å². The third-order valence-electron chi connectivity index (χ3n) is 4.43. The lowest BCUT2D eigenvalue weighted by Crippen LogP contribution is -2.41. The SMILES string of the molecule is CC(NC(=O)c1cccc(NC(=O)C2CC2)c1)C(=O)Nc1ccc([N+](=O)[O-])cc1. The van der Waals surface area contributed by atoms with Crippen molar-refractivity contribution in [2.24, 2.45) is 5.92 Å². The number of nitrogens with one attached hydrogen (secondary N) is 3. The molecule has 29 heavy (non-hydrogen) atoms. The lowest BCUT2D eigenvalue weighted by molar-refractivity contribution is -0.384. The summed E-state index contributed by atoms with van der Waals surface area (Å²) in [5, 5.41) is 18.6. The molecule has 2 aromatic rings. The molecule has 1 aliphatic rings. The Balaban J connectivity index is 1.57. The van der Waals surface area contributed by atoms with Gasteiger partial charge in [0.2, 0.25) is 11.8 Å². The number of anilines is 2. The molecule has 3 rings (SSSR count). The van der Waals surface area contributed by atoms with Crippen molar-refractivity contribution in [2.45, 2.75) is 25.8 Å². The summed E-state index contributed by atoms with van der Waals surface area (Å²) in [6, 6.07) is 11.0. The van der Waals surface area contributed by atoms with E-state index in [2.05, 4.69) is 16.0 Å². The largest absolute Gasteiger partial charge is 0.341 e. The van der Waals surface area contributed by atoms with Crippen LogP contribution in [0, 0.1) is 16.0 Å². The van der Waals surface area contributed by atoms with E-state index in [-0.39, 0.29) is 17.5 Å². The average Bonchev–Trinajstić information content (AvgIpc) is 3.54. The predicted molar refractivity (Wildman–Crippen MR) is 106 cm³/mol. The number of nitrogens with zero attached hydrogens (tertiary/aromatic N) is 1. The summed E-state index contributed by atoms with van der Waals surface area (Å²) >= 11 is 0. The highest BCUT2D eigenvalue weighted by Gasteiger charge is 2.29. The molecule has 9 heteroatoms. The van der Waals surface area contributed by atoms with Gasteiger partial charge in [-0.25, -0.2) is 0 Å². The van der Waals surface area contributed by atoms with Crippen LogP contribution in [0.2, 0.25) is 0 Å². The predicted octanol–water partition coefficient (Wildman–Crippen LogP) is 2.70. The first-order valence-electron chi connectivity index (χ1n) is 9.10. The quantitative estimate of drug-likeness (QED) is 0.489. The number of nitro groups is 1. The Hall–Kier alpha value is -3.75. The molecule has 1 fully saturated rings. The van der Waals surface area contributed by atoms with Crippen LogP contribution in [-0.4, -0.2) is 28.7 Å². The maximum absolute atomic E-state index is 12.4. The van der Waals surface area contributed by atoms with Gasteiger partial charge in [-0.05, 0) is 50.1 Å². The van der Waals surface area contributed by atoms with Crippen molar-refractivity contribution in [1.29, 1.82) is 0 Å². The van der Waals surface area contributed by atoms with Crippen LogP contribution in [0.3, 0.4) is 0 Å². The summed E-state index contributed by atoms with van der Waals surface area (Å²) in [7, 11) is 0. The Bertz CT molecular complexity index is 954. The van der Waals surface area contributed by atoms with Gasteiger partial charge in [0, 0.05) is 35.0 Å². The van der Waals surface area contributed by atoms with E-state index in [0.29, 0.717) is 16.9 Å². The monoisotopic (exact) mass is 396 g/mol. The second-order valence-corrected chi connectivity index (χ2v) is 6.83. The van der Waals surface area contributed by atoms with Gasteiger partial charge in [0.05, 0.1) is 4.92 Å². The smallest absolute Gasteiger partial charge is 0.269 e. The third kappa shape index (κ3) is 5.38. The molecule has 0 aliphatic heterocycles. The van der Waals surface area contributed by atoms with Crippen LogP contribution in [0.4, 0.5) is 17.1 Å². The molecule has 1 unspecified atom stereocenters. The van der Waals surface area contributed by atoms with Crippen LogP contribution in [0.25, 0.3) is 0 Å². The zero-order valence-corrected chi connectivity index (χ0v) is 15.7. The maximum atomic E-state index is 12.4. The standard InChI is InChI=1S/C20H20N4O5/c1-12(18(25)22-15-7-9-17(10-8-15)24(28)29)21-20(27)14-3-2-4-16(11-14)23-19(26)13-5-6-13/h2-4,7-13H,5-6H2,1H3,(H,21,27)(H,22,25)(H,23,26). The van der Waals surface area contributed by atoms with Gasteiger partial charge in [-0.15, -0.1) is 0 Å². The number of nitro benzene ring substituents is 1. The molecule has 0 aromatic heterocycles. The fourth-order valence-electron chi connectivity index (χ4n) is 2.59. The van der Waals surface area contributed by atoms with Crippen molar-refractivity contribution in [1.82, 2.24) is 5.32 Å². The van der Waals surface area contributed by atoms with Gasteiger partial charge in [-0.3, -0.25) is 24.5 Å². The number of rotatable bonds is 7. The molecule has 1 saturated carbocycles. The highest BCUT2D eigenvalue weighted by atomic mass is 16.6. The van der Waals surface area contributed by atoms with Gasteiger partial charge in [-0.1, -0.05) is 6.07 Å². The van der Waals surface area contributed by atoms with E-state index in [1.54, 1.807) is 24.3 Å². The summed E-state index contributed by atoms with van der Waals surface area (Å²) in [5.41, 5.74) is 1.13. The molecular weight excluding hydrogens is 376 g/mol. The molecular formula is C20H20N4O5. The minimum atomic E-state index is -0.845. The third-order valence-corrected chi connectivity index (χ3v) is 4.43. The van der Waals surface area contributed by atoms with Crippen LogP contribution < -0.4 is 16.0 Å². The summed E-state index contributed by atoms with van der Waals surface area (Å²) in [5.74, 6) is -0.932. The van der Waals surface area contributed by atoms with Gasteiger partial charge in [0.15, 0.2) is 0 Å². The molecule has 3 N–H and O–H groups in total. The molecule has 9 nitrogen and oxygen atoms in total. The van der Waals surface area contributed by atoms with Crippen molar-refractivity contribution < 1.29 is 19.3 Å². The Kier molecular flexibility index (Phi) is 5.87. The molecule has 0 spiro atoms. The first-order chi connectivity index (χ1) is 13.8. The van der Waals surface area contributed by atoms with Crippen molar-refractivity contribution in [2.75, 3.05) is 10.6 Å². The number of amides is 3. The molecule has 2 aromatic carbocycles.